The van der Waals surface area contributed by atoms with Gasteiger partial charge in [-0.05, 0) is 48.5 Å². The van der Waals surface area contributed by atoms with Crippen LogP contribution >= 0.6 is 0 Å². The van der Waals surface area contributed by atoms with Crippen LogP contribution in [0.5, 0.6) is 0 Å². The number of amides is 1. The van der Waals surface area contributed by atoms with E-state index < -0.39 is 0 Å². The molecule has 0 aliphatic heterocycles. The maximum Gasteiger partial charge on any atom is 0.255 e. The second-order valence-electron chi connectivity index (χ2n) is 5.53. The Labute approximate surface area is 152 Å². The SMILES string of the molecule is C[n+]1ccc(Nc2ccc(C(=O)Nc3ccc(N)cc3)cc2)cc1.[Cl-]. The van der Waals surface area contributed by atoms with Gasteiger partial charge in [-0.2, -0.15) is 0 Å². The monoisotopic (exact) mass is 354 g/mol. The second-order valence-corrected chi connectivity index (χ2v) is 5.53. The molecule has 0 aliphatic rings. The first-order chi connectivity index (χ1) is 11.6. The highest BCUT2D eigenvalue weighted by molar-refractivity contribution is 6.04. The highest BCUT2D eigenvalue weighted by Crippen LogP contribution is 2.17. The molecule has 0 fully saturated rings. The fourth-order valence-electron chi connectivity index (χ4n) is 2.23. The quantitative estimate of drug-likeness (QED) is 0.459. The molecule has 2 aromatic carbocycles. The Kier molecular flexibility index (Phi) is 5.98. The number of anilines is 4. The van der Waals surface area contributed by atoms with Gasteiger partial charge in [-0.3, -0.25) is 4.79 Å². The van der Waals surface area contributed by atoms with Crippen molar-refractivity contribution in [2.24, 2.45) is 7.05 Å². The minimum atomic E-state index is -0.155. The van der Waals surface area contributed by atoms with E-state index >= 15 is 0 Å². The summed E-state index contributed by atoms with van der Waals surface area (Å²) in [6.07, 6.45) is 3.94. The smallest absolute Gasteiger partial charge is 0.255 e. The number of rotatable bonds is 4. The van der Waals surface area contributed by atoms with Crippen molar-refractivity contribution in [1.82, 2.24) is 0 Å². The topological polar surface area (TPSA) is 71.0 Å². The molecule has 5 nitrogen and oxygen atoms in total. The molecule has 0 atom stereocenters. The minimum absolute atomic E-state index is 0. The van der Waals surface area contributed by atoms with Gasteiger partial charge in [0.1, 0.15) is 7.05 Å². The molecule has 0 spiro atoms. The average Bonchev–Trinajstić information content (AvgIpc) is 2.59. The zero-order valence-corrected chi connectivity index (χ0v) is 14.5. The van der Waals surface area contributed by atoms with Crippen molar-refractivity contribution in [3.8, 4) is 0 Å². The van der Waals surface area contributed by atoms with Crippen LogP contribution in [0, 0.1) is 0 Å². The molecular weight excluding hydrogens is 336 g/mol. The van der Waals surface area contributed by atoms with Gasteiger partial charge in [-0.15, -0.1) is 0 Å². The number of nitrogens with one attached hydrogen (secondary N) is 2. The maximum atomic E-state index is 12.2. The van der Waals surface area contributed by atoms with E-state index in [1.54, 1.807) is 36.4 Å². The average molecular weight is 355 g/mol. The fourth-order valence-corrected chi connectivity index (χ4v) is 2.23. The number of aromatic nitrogens is 1. The Bertz CT molecular complexity index is 831. The summed E-state index contributed by atoms with van der Waals surface area (Å²) < 4.78 is 1.97. The molecule has 0 unspecified atom stereocenters. The number of pyridine rings is 1. The molecule has 0 aliphatic carbocycles. The van der Waals surface area contributed by atoms with Crippen LogP contribution in [-0.4, -0.2) is 5.91 Å². The van der Waals surface area contributed by atoms with Gasteiger partial charge < -0.3 is 28.8 Å². The predicted octanol–water partition coefficient (Wildman–Crippen LogP) is 0.0932. The van der Waals surface area contributed by atoms with Crippen LogP contribution in [0.4, 0.5) is 22.7 Å². The van der Waals surface area contributed by atoms with Crippen molar-refractivity contribution in [2.75, 3.05) is 16.4 Å². The molecular formula is C19H19ClN4O. The van der Waals surface area contributed by atoms with Crippen LogP contribution in [0.15, 0.2) is 73.1 Å². The van der Waals surface area contributed by atoms with E-state index in [9.17, 15) is 4.79 Å². The van der Waals surface area contributed by atoms with Crippen molar-refractivity contribution in [1.29, 1.82) is 0 Å². The summed E-state index contributed by atoms with van der Waals surface area (Å²) >= 11 is 0. The third-order valence-electron chi connectivity index (χ3n) is 3.58. The normalized spacial score (nSPS) is 9.80. The van der Waals surface area contributed by atoms with E-state index in [4.69, 9.17) is 5.73 Å². The van der Waals surface area contributed by atoms with Gasteiger partial charge in [-0.1, -0.05) is 0 Å². The summed E-state index contributed by atoms with van der Waals surface area (Å²) in [6, 6.07) is 18.4. The van der Waals surface area contributed by atoms with E-state index in [0.29, 0.717) is 16.9 Å². The maximum absolute atomic E-state index is 12.2. The second kappa shape index (κ2) is 8.17. The molecule has 1 amide bonds. The molecule has 0 bridgehead atoms. The third kappa shape index (κ3) is 4.96. The van der Waals surface area contributed by atoms with Gasteiger partial charge in [0.2, 0.25) is 0 Å². The van der Waals surface area contributed by atoms with Crippen molar-refractivity contribution >= 4 is 28.7 Å². The lowest BCUT2D eigenvalue weighted by Crippen LogP contribution is -3.00. The molecule has 25 heavy (non-hydrogen) atoms. The molecule has 1 aromatic heterocycles. The number of nitrogen functional groups attached to an aromatic ring is 1. The lowest BCUT2D eigenvalue weighted by molar-refractivity contribution is -0.671. The van der Waals surface area contributed by atoms with Gasteiger partial charge in [0.05, 0.1) is 5.69 Å². The van der Waals surface area contributed by atoms with Crippen molar-refractivity contribution in [3.63, 3.8) is 0 Å². The Hall–Kier alpha value is -3.05. The van der Waals surface area contributed by atoms with Crippen LogP contribution in [0.2, 0.25) is 0 Å². The molecule has 0 radical (unpaired) electrons. The Balaban J connectivity index is 0.00000225. The highest BCUT2D eigenvalue weighted by Gasteiger charge is 2.06. The van der Waals surface area contributed by atoms with E-state index in [2.05, 4.69) is 10.6 Å². The van der Waals surface area contributed by atoms with Gasteiger partial charge >= 0.3 is 0 Å². The Morgan fingerprint density at radius 3 is 1.96 bits per heavy atom. The summed E-state index contributed by atoms with van der Waals surface area (Å²) in [4.78, 5) is 12.2. The van der Waals surface area contributed by atoms with Crippen LogP contribution in [-0.2, 0) is 7.05 Å². The standard InChI is InChI=1S/C19H18N4O.ClH/c1-23-12-10-18(11-13-23)21-16-6-2-14(3-7-16)19(24)22-17-8-4-15(20)5-9-17;/h2-13H,20H2,1H3,(H,22,24);1H. The van der Waals surface area contributed by atoms with Gasteiger partial charge in [0, 0.05) is 34.8 Å². The molecule has 1 heterocycles. The molecule has 0 saturated carbocycles. The molecule has 3 aromatic rings. The van der Waals surface area contributed by atoms with Crippen molar-refractivity contribution < 1.29 is 21.8 Å². The van der Waals surface area contributed by atoms with Crippen LogP contribution in [0.3, 0.4) is 0 Å². The number of halogens is 1. The number of nitrogens with zero attached hydrogens (tertiary/aromatic N) is 1. The van der Waals surface area contributed by atoms with E-state index in [-0.39, 0.29) is 18.3 Å². The van der Waals surface area contributed by atoms with Crippen molar-refractivity contribution in [3.05, 3.63) is 78.6 Å². The first-order valence-electron chi connectivity index (χ1n) is 7.59. The van der Waals surface area contributed by atoms with E-state index in [1.807, 2.05) is 48.3 Å². The highest BCUT2D eigenvalue weighted by atomic mass is 35.5. The van der Waals surface area contributed by atoms with Crippen molar-refractivity contribution in [2.45, 2.75) is 0 Å². The Morgan fingerprint density at radius 1 is 0.840 bits per heavy atom. The van der Waals surface area contributed by atoms with Gasteiger partial charge in [0.25, 0.3) is 5.91 Å². The summed E-state index contributed by atoms with van der Waals surface area (Å²) in [5.74, 6) is -0.155. The number of aryl methyl sites for hydroxylation is 1. The number of nitrogens with two attached hydrogens (primary N) is 1. The summed E-state index contributed by atoms with van der Waals surface area (Å²) in [7, 11) is 1.97. The molecule has 3 rings (SSSR count). The lowest BCUT2D eigenvalue weighted by Gasteiger charge is -2.08. The van der Waals surface area contributed by atoms with Gasteiger partial charge in [-0.25, -0.2) is 4.57 Å². The number of carbonyl (C=O) groups excluding carboxylic acids is 1. The summed E-state index contributed by atoms with van der Waals surface area (Å²) in [5, 5.41) is 6.14. The van der Waals surface area contributed by atoms with E-state index in [0.717, 1.165) is 11.4 Å². The third-order valence-corrected chi connectivity index (χ3v) is 3.58. The van der Waals surface area contributed by atoms with Crippen LogP contribution < -0.4 is 33.3 Å². The predicted molar refractivity (Wildman–Crippen MR) is 96.2 cm³/mol. The van der Waals surface area contributed by atoms with Gasteiger partial charge in [0.15, 0.2) is 12.4 Å². The first kappa shape index (κ1) is 18.3. The fraction of sp³-hybridized carbons (Fsp3) is 0.0526. The number of hydrogen-bond acceptors (Lipinski definition) is 3. The lowest BCUT2D eigenvalue weighted by atomic mass is 10.2. The summed E-state index contributed by atoms with van der Waals surface area (Å²) in [6.45, 7) is 0. The molecule has 128 valence electrons. The largest absolute Gasteiger partial charge is 1.00 e. The zero-order valence-electron chi connectivity index (χ0n) is 13.7. The minimum Gasteiger partial charge on any atom is -1.00 e. The van der Waals surface area contributed by atoms with Crippen LogP contribution in [0.25, 0.3) is 0 Å². The molecule has 4 N–H and O–H groups in total. The zero-order chi connectivity index (χ0) is 16.9. The summed E-state index contributed by atoms with van der Waals surface area (Å²) in [5.41, 5.74) is 9.53. The molecule has 6 heteroatoms. The van der Waals surface area contributed by atoms with E-state index in [1.165, 1.54) is 0 Å². The number of carbonyl (C=O) groups is 1. The first-order valence-corrected chi connectivity index (χ1v) is 7.59. The van der Waals surface area contributed by atoms with Crippen LogP contribution in [0.1, 0.15) is 10.4 Å². The number of benzene rings is 2. The molecule has 0 saturated heterocycles. The number of hydrogen-bond donors (Lipinski definition) is 3. The Morgan fingerprint density at radius 2 is 1.36 bits per heavy atom.